The first-order valence-electron chi connectivity index (χ1n) is 7.00. The highest BCUT2D eigenvalue weighted by Gasteiger charge is 2.18. The smallest absolute Gasteiger partial charge is 0.240 e. The summed E-state index contributed by atoms with van der Waals surface area (Å²) in [7, 11) is -3.47. The van der Waals surface area contributed by atoms with E-state index in [1.54, 1.807) is 24.3 Å². The Labute approximate surface area is 125 Å². The van der Waals surface area contributed by atoms with Gasteiger partial charge in [0.2, 0.25) is 10.0 Å². The number of fused-ring (bicyclic) bond motifs is 1. The van der Waals surface area contributed by atoms with E-state index in [2.05, 4.69) is 4.72 Å². The van der Waals surface area contributed by atoms with Crippen LogP contribution in [0, 0.1) is 0 Å². The molecule has 0 saturated carbocycles. The van der Waals surface area contributed by atoms with Crippen molar-refractivity contribution in [3.05, 3.63) is 59.2 Å². The fraction of sp³-hybridized carbons (Fsp3) is 0.250. The number of nitrogens with one attached hydrogen (secondary N) is 1. The first kappa shape index (κ1) is 14.1. The van der Waals surface area contributed by atoms with Crippen molar-refractivity contribution < 1.29 is 8.42 Å². The standard InChI is InChI=1S/C16H18N2O2S/c17-15-7-4-12(5-8-15)11-18-21(19,20)16-9-6-13-2-1-3-14(13)10-16/h4-10,18H,1-3,11,17H2. The van der Waals surface area contributed by atoms with E-state index in [1.165, 1.54) is 5.56 Å². The third kappa shape index (κ3) is 3.09. The summed E-state index contributed by atoms with van der Waals surface area (Å²) < 4.78 is 27.3. The molecule has 2 aromatic rings. The topological polar surface area (TPSA) is 72.2 Å². The van der Waals surface area contributed by atoms with Crippen LogP contribution in [0.15, 0.2) is 47.4 Å². The average molecular weight is 302 g/mol. The fourth-order valence-electron chi connectivity index (χ4n) is 2.61. The monoisotopic (exact) mass is 302 g/mol. The molecule has 2 aromatic carbocycles. The average Bonchev–Trinajstić information content (AvgIpc) is 2.94. The number of nitrogen functional groups attached to an aromatic ring is 1. The molecule has 110 valence electrons. The second-order valence-corrected chi connectivity index (χ2v) is 7.12. The van der Waals surface area contributed by atoms with Crippen molar-refractivity contribution >= 4 is 15.7 Å². The number of rotatable bonds is 4. The zero-order valence-corrected chi connectivity index (χ0v) is 12.5. The second kappa shape index (κ2) is 5.50. The molecule has 0 amide bonds. The summed E-state index contributed by atoms with van der Waals surface area (Å²) in [6, 6.07) is 12.6. The second-order valence-electron chi connectivity index (χ2n) is 5.35. The maximum absolute atomic E-state index is 12.3. The largest absolute Gasteiger partial charge is 0.399 e. The van der Waals surface area contributed by atoms with Gasteiger partial charge in [0.25, 0.3) is 0 Å². The molecule has 0 heterocycles. The molecule has 5 heteroatoms. The summed E-state index contributed by atoms with van der Waals surface area (Å²) >= 11 is 0. The van der Waals surface area contributed by atoms with Crippen LogP contribution in [0.2, 0.25) is 0 Å². The van der Waals surface area contributed by atoms with Crippen molar-refractivity contribution in [2.75, 3.05) is 5.73 Å². The van der Waals surface area contributed by atoms with Crippen LogP contribution in [0.4, 0.5) is 5.69 Å². The van der Waals surface area contributed by atoms with Gasteiger partial charge in [-0.25, -0.2) is 13.1 Å². The van der Waals surface area contributed by atoms with Crippen LogP contribution in [-0.4, -0.2) is 8.42 Å². The zero-order valence-electron chi connectivity index (χ0n) is 11.7. The molecule has 0 aliphatic heterocycles. The Kier molecular flexibility index (Phi) is 3.69. The maximum atomic E-state index is 12.3. The van der Waals surface area contributed by atoms with Crippen molar-refractivity contribution in [3.63, 3.8) is 0 Å². The van der Waals surface area contributed by atoms with Crippen molar-refractivity contribution in [1.29, 1.82) is 0 Å². The minimum absolute atomic E-state index is 0.264. The molecule has 3 rings (SSSR count). The van der Waals surface area contributed by atoms with E-state index in [4.69, 9.17) is 5.73 Å². The molecule has 1 aliphatic rings. The Hall–Kier alpha value is -1.85. The molecular weight excluding hydrogens is 284 g/mol. The zero-order chi connectivity index (χ0) is 14.9. The third-order valence-electron chi connectivity index (χ3n) is 3.83. The van der Waals surface area contributed by atoms with Crippen molar-refractivity contribution in [3.8, 4) is 0 Å². The van der Waals surface area contributed by atoms with E-state index in [9.17, 15) is 8.42 Å². The van der Waals surface area contributed by atoms with Crippen molar-refractivity contribution in [2.45, 2.75) is 30.7 Å². The van der Waals surface area contributed by atoms with Crippen LogP contribution in [0.5, 0.6) is 0 Å². The number of hydrogen-bond acceptors (Lipinski definition) is 3. The Balaban J connectivity index is 1.76. The summed E-state index contributed by atoms with van der Waals surface area (Å²) in [5.41, 5.74) is 9.59. The van der Waals surface area contributed by atoms with Crippen molar-refractivity contribution in [2.24, 2.45) is 0 Å². The molecule has 1 aliphatic carbocycles. The summed E-state index contributed by atoms with van der Waals surface area (Å²) in [5.74, 6) is 0. The first-order chi connectivity index (χ1) is 10.0. The highest BCUT2D eigenvalue weighted by molar-refractivity contribution is 7.89. The van der Waals surface area contributed by atoms with Crippen LogP contribution >= 0.6 is 0 Å². The number of aryl methyl sites for hydroxylation is 2. The molecule has 0 atom stereocenters. The minimum atomic E-state index is -3.47. The number of sulfonamides is 1. The van der Waals surface area contributed by atoms with E-state index in [-0.39, 0.29) is 6.54 Å². The molecule has 0 bridgehead atoms. The van der Waals surface area contributed by atoms with Gasteiger partial charge in [-0.3, -0.25) is 0 Å². The summed E-state index contributed by atoms with van der Waals surface area (Å²) in [6.45, 7) is 0.264. The maximum Gasteiger partial charge on any atom is 0.240 e. The predicted molar refractivity (Wildman–Crippen MR) is 83.3 cm³/mol. The number of benzene rings is 2. The summed E-state index contributed by atoms with van der Waals surface area (Å²) in [4.78, 5) is 0.346. The third-order valence-corrected chi connectivity index (χ3v) is 5.23. The van der Waals surface area contributed by atoms with Gasteiger partial charge in [-0.1, -0.05) is 18.2 Å². The molecule has 0 radical (unpaired) electrons. The lowest BCUT2D eigenvalue weighted by molar-refractivity contribution is 0.581. The van der Waals surface area contributed by atoms with Gasteiger partial charge in [0.15, 0.2) is 0 Å². The summed E-state index contributed by atoms with van der Waals surface area (Å²) in [5, 5.41) is 0. The van der Waals surface area contributed by atoms with Crippen LogP contribution in [-0.2, 0) is 29.4 Å². The highest BCUT2D eigenvalue weighted by Crippen LogP contribution is 2.24. The molecule has 3 N–H and O–H groups in total. The van der Waals surface area contributed by atoms with E-state index in [0.29, 0.717) is 10.6 Å². The van der Waals surface area contributed by atoms with Gasteiger partial charge in [-0.2, -0.15) is 0 Å². The molecule has 0 fully saturated rings. The van der Waals surface area contributed by atoms with Crippen LogP contribution in [0.25, 0.3) is 0 Å². The lowest BCUT2D eigenvalue weighted by Gasteiger charge is -2.09. The highest BCUT2D eigenvalue weighted by atomic mass is 32.2. The molecule has 21 heavy (non-hydrogen) atoms. The Morgan fingerprint density at radius 1 is 1.00 bits per heavy atom. The summed E-state index contributed by atoms with van der Waals surface area (Å²) in [6.07, 6.45) is 3.13. The number of anilines is 1. The Morgan fingerprint density at radius 2 is 1.71 bits per heavy atom. The van der Waals surface area contributed by atoms with Gasteiger partial charge in [-0.15, -0.1) is 0 Å². The van der Waals surface area contributed by atoms with E-state index in [0.717, 1.165) is 30.4 Å². The number of nitrogens with two attached hydrogens (primary N) is 1. The van der Waals surface area contributed by atoms with Gasteiger partial charge in [0.1, 0.15) is 0 Å². The lowest BCUT2D eigenvalue weighted by Crippen LogP contribution is -2.23. The van der Waals surface area contributed by atoms with Gasteiger partial charge in [0.05, 0.1) is 4.90 Å². The van der Waals surface area contributed by atoms with Gasteiger partial charge in [-0.05, 0) is 60.2 Å². The van der Waals surface area contributed by atoms with Gasteiger partial charge < -0.3 is 5.73 Å². The minimum Gasteiger partial charge on any atom is -0.399 e. The van der Waals surface area contributed by atoms with E-state index < -0.39 is 10.0 Å². The first-order valence-corrected chi connectivity index (χ1v) is 8.49. The Morgan fingerprint density at radius 3 is 2.48 bits per heavy atom. The normalized spacial score (nSPS) is 14.1. The molecular formula is C16H18N2O2S. The fourth-order valence-corrected chi connectivity index (χ4v) is 3.68. The molecule has 0 spiro atoms. The Bertz CT molecular complexity index is 752. The predicted octanol–water partition coefficient (Wildman–Crippen LogP) is 2.24. The quantitative estimate of drug-likeness (QED) is 0.851. The molecule has 0 unspecified atom stereocenters. The van der Waals surface area contributed by atoms with Crippen LogP contribution in [0.1, 0.15) is 23.1 Å². The van der Waals surface area contributed by atoms with Gasteiger partial charge >= 0.3 is 0 Å². The lowest BCUT2D eigenvalue weighted by atomic mass is 10.1. The van der Waals surface area contributed by atoms with Crippen LogP contribution < -0.4 is 10.5 Å². The van der Waals surface area contributed by atoms with Gasteiger partial charge in [0, 0.05) is 12.2 Å². The van der Waals surface area contributed by atoms with Crippen molar-refractivity contribution in [1.82, 2.24) is 4.72 Å². The van der Waals surface area contributed by atoms with Crippen LogP contribution in [0.3, 0.4) is 0 Å². The SMILES string of the molecule is Nc1ccc(CNS(=O)(=O)c2ccc3c(c2)CCC3)cc1. The molecule has 0 aromatic heterocycles. The van der Waals surface area contributed by atoms with E-state index in [1.807, 2.05) is 18.2 Å². The molecule has 4 nitrogen and oxygen atoms in total. The number of hydrogen-bond donors (Lipinski definition) is 2. The molecule has 0 saturated heterocycles. The van der Waals surface area contributed by atoms with E-state index >= 15 is 0 Å².